The van der Waals surface area contributed by atoms with Crippen molar-refractivity contribution in [3.63, 3.8) is 0 Å². The van der Waals surface area contributed by atoms with Crippen molar-refractivity contribution in [1.82, 2.24) is 5.32 Å². The van der Waals surface area contributed by atoms with Gasteiger partial charge in [0.05, 0.1) is 16.5 Å². The van der Waals surface area contributed by atoms with Crippen LogP contribution in [-0.4, -0.2) is 11.8 Å². The van der Waals surface area contributed by atoms with E-state index < -0.39 is 0 Å². The van der Waals surface area contributed by atoms with E-state index in [2.05, 4.69) is 16.7 Å². The molecule has 5 rings (SSSR count). The van der Waals surface area contributed by atoms with E-state index in [-0.39, 0.29) is 18.4 Å². The average Bonchev–Trinajstić information content (AvgIpc) is 3.60. The first-order valence-electron chi connectivity index (χ1n) is 11.5. The second-order valence-corrected chi connectivity index (χ2v) is 10.2. The average molecular weight is 524 g/mol. The van der Waals surface area contributed by atoms with Gasteiger partial charge in [0, 0.05) is 22.3 Å². The minimum absolute atomic E-state index is 0.168. The van der Waals surface area contributed by atoms with Gasteiger partial charge in [-0.2, -0.15) is 5.26 Å². The van der Waals surface area contributed by atoms with Crippen molar-refractivity contribution in [2.75, 3.05) is 5.32 Å². The summed E-state index contributed by atoms with van der Waals surface area (Å²) in [6.45, 7) is 0.594. The number of hydrogen-bond donors (Lipinski definition) is 2. The topological polar surface area (TPSA) is 91.2 Å². The maximum atomic E-state index is 13.3. The van der Waals surface area contributed by atoms with Crippen LogP contribution < -0.4 is 15.4 Å². The molecule has 0 spiro atoms. The van der Waals surface area contributed by atoms with Crippen molar-refractivity contribution in [2.45, 2.75) is 13.2 Å². The Morgan fingerprint density at radius 3 is 2.51 bits per heavy atom. The van der Waals surface area contributed by atoms with Crippen molar-refractivity contribution in [3.8, 4) is 11.8 Å². The van der Waals surface area contributed by atoms with Gasteiger partial charge in [-0.1, -0.05) is 48.5 Å². The number of benzene rings is 3. The molecule has 2 heterocycles. The van der Waals surface area contributed by atoms with Crippen molar-refractivity contribution in [1.29, 1.82) is 5.26 Å². The number of nitrogens with one attached hydrogen (secondary N) is 2. The molecule has 0 saturated carbocycles. The molecular formula is C29H21N3O3S2. The molecule has 0 aliphatic carbocycles. The highest BCUT2D eigenvalue weighted by Gasteiger charge is 2.20. The van der Waals surface area contributed by atoms with E-state index in [0.29, 0.717) is 33.4 Å². The molecule has 0 radical (unpaired) electrons. The van der Waals surface area contributed by atoms with E-state index in [1.54, 1.807) is 18.2 Å². The Bertz CT molecular complexity index is 1600. The molecule has 0 saturated heterocycles. The van der Waals surface area contributed by atoms with Gasteiger partial charge >= 0.3 is 0 Å². The zero-order valence-corrected chi connectivity index (χ0v) is 21.2. The SMILES string of the molecule is N#Cc1ccc2c(OCc3ccccc3)c(C(=O)NCc3cccc(NC(=O)c4cccs4)c3)sc2c1. The number of ether oxygens (including phenoxy) is 1. The Labute approximate surface area is 221 Å². The molecule has 5 aromatic rings. The van der Waals surface area contributed by atoms with Crippen molar-refractivity contribution in [2.24, 2.45) is 0 Å². The maximum Gasteiger partial charge on any atom is 0.265 e. The summed E-state index contributed by atoms with van der Waals surface area (Å²) in [5.74, 6) is 0.0667. The number of nitrogens with zero attached hydrogens (tertiary/aromatic N) is 1. The van der Waals surface area contributed by atoms with E-state index in [0.717, 1.165) is 21.2 Å². The maximum absolute atomic E-state index is 13.3. The van der Waals surface area contributed by atoms with E-state index in [9.17, 15) is 14.9 Å². The molecule has 37 heavy (non-hydrogen) atoms. The van der Waals surface area contributed by atoms with Crippen LogP contribution in [0.4, 0.5) is 5.69 Å². The highest BCUT2D eigenvalue weighted by Crippen LogP contribution is 2.39. The van der Waals surface area contributed by atoms with Gasteiger partial charge in [-0.3, -0.25) is 9.59 Å². The van der Waals surface area contributed by atoms with E-state index in [4.69, 9.17) is 4.74 Å². The summed E-state index contributed by atoms with van der Waals surface area (Å²) in [7, 11) is 0. The number of thiophene rings is 2. The molecule has 0 unspecified atom stereocenters. The minimum Gasteiger partial charge on any atom is -0.487 e. The third-order valence-corrected chi connectivity index (χ3v) is 7.59. The van der Waals surface area contributed by atoms with Gasteiger partial charge in [-0.25, -0.2) is 0 Å². The highest BCUT2D eigenvalue weighted by atomic mass is 32.1. The van der Waals surface area contributed by atoms with Crippen LogP contribution in [0.1, 0.15) is 36.0 Å². The lowest BCUT2D eigenvalue weighted by molar-refractivity contribution is 0.0950. The minimum atomic E-state index is -0.268. The monoisotopic (exact) mass is 523 g/mol. The molecule has 0 aliphatic rings. The molecule has 0 atom stereocenters. The summed E-state index contributed by atoms with van der Waals surface area (Å²) in [5, 5.41) is 17.8. The van der Waals surface area contributed by atoms with Gasteiger partial charge in [0.1, 0.15) is 11.5 Å². The van der Waals surface area contributed by atoms with Gasteiger partial charge in [0.25, 0.3) is 11.8 Å². The number of nitriles is 1. The molecule has 3 aromatic carbocycles. The standard InChI is InChI=1S/C29H21N3O3S2/c30-16-20-11-12-23-25(15-20)37-27(26(23)35-18-19-6-2-1-3-7-19)29(34)31-17-21-8-4-9-22(14-21)32-28(33)24-10-5-13-36-24/h1-15H,17-18H2,(H,31,34)(H,32,33). The number of carbonyl (C=O) groups is 2. The first kappa shape index (κ1) is 24.3. The number of carbonyl (C=O) groups excluding carboxylic acids is 2. The summed E-state index contributed by atoms with van der Waals surface area (Å²) < 4.78 is 6.95. The largest absolute Gasteiger partial charge is 0.487 e. The molecule has 182 valence electrons. The lowest BCUT2D eigenvalue weighted by atomic mass is 10.1. The summed E-state index contributed by atoms with van der Waals surface area (Å²) >= 11 is 2.67. The van der Waals surface area contributed by atoms with Gasteiger partial charge in [0.2, 0.25) is 0 Å². The summed E-state index contributed by atoms with van der Waals surface area (Å²) in [6, 6.07) is 28.2. The quantitative estimate of drug-likeness (QED) is 0.240. The van der Waals surface area contributed by atoms with Crippen LogP contribution in [-0.2, 0) is 13.2 Å². The first-order valence-corrected chi connectivity index (χ1v) is 13.2. The third-order valence-electron chi connectivity index (χ3n) is 5.59. The van der Waals surface area contributed by atoms with Gasteiger partial charge in [0.15, 0.2) is 5.75 Å². The number of amides is 2. The van der Waals surface area contributed by atoms with Crippen LogP contribution in [0.5, 0.6) is 5.75 Å². The summed E-state index contributed by atoms with van der Waals surface area (Å²) in [4.78, 5) is 26.7. The molecule has 8 heteroatoms. The number of rotatable bonds is 8. The van der Waals surface area contributed by atoms with Crippen molar-refractivity contribution in [3.05, 3.63) is 117 Å². The third kappa shape index (κ3) is 5.70. The molecular weight excluding hydrogens is 502 g/mol. The fourth-order valence-electron chi connectivity index (χ4n) is 3.79. The van der Waals surface area contributed by atoms with Gasteiger partial charge in [-0.05, 0) is 52.9 Å². The van der Waals surface area contributed by atoms with Crippen LogP contribution in [0, 0.1) is 11.3 Å². The Morgan fingerprint density at radius 1 is 0.892 bits per heavy atom. The Morgan fingerprint density at radius 2 is 1.73 bits per heavy atom. The van der Waals surface area contributed by atoms with Crippen LogP contribution in [0.2, 0.25) is 0 Å². The number of anilines is 1. The highest BCUT2D eigenvalue weighted by molar-refractivity contribution is 7.21. The predicted molar refractivity (Wildman–Crippen MR) is 147 cm³/mol. The Kier molecular flexibility index (Phi) is 7.26. The van der Waals surface area contributed by atoms with Crippen LogP contribution in [0.15, 0.2) is 90.3 Å². The second kappa shape index (κ2) is 11.1. The fourth-order valence-corrected chi connectivity index (χ4v) is 5.51. The molecule has 0 aliphatic heterocycles. The molecule has 6 nitrogen and oxygen atoms in total. The lowest BCUT2D eigenvalue weighted by Gasteiger charge is -2.10. The van der Waals surface area contributed by atoms with Gasteiger partial charge < -0.3 is 15.4 Å². The van der Waals surface area contributed by atoms with Crippen molar-refractivity contribution >= 4 is 50.3 Å². The molecule has 0 bridgehead atoms. The fraction of sp³-hybridized carbons (Fsp3) is 0.0690. The second-order valence-electron chi connectivity index (χ2n) is 8.17. The van der Waals surface area contributed by atoms with Crippen molar-refractivity contribution < 1.29 is 14.3 Å². The van der Waals surface area contributed by atoms with Gasteiger partial charge in [-0.15, -0.1) is 22.7 Å². The van der Waals surface area contributed by atoms with E-state index in [1.165, 1.54) is 22.7 Å². The molecule has 2 aromatic heterocycles. The van der Waals surface area contributed by atoms with E-state index in [1.807, 2.05) is 72.1 Å². The summed E-state index contributed by atoms with van der Waals surface area (Å²) in [5.41, 5.74) is 3.01. The number of hydrogen-bond acceptors (Lipinski definition) is 6. The normalized spacial score (nSPS) is 10.6. The molecule has 2 N–H and O–H groups in total. The molecule has 2 amide bonds. The summed E-state index contributed by atoms with van der Waals surface area (Å²) in [6.07, 6.45) is 0. The zero-order valence-electron chi connectivity index (χ0n) is 19.6. The predicted octanol–water partition coefficient (Wildman–Crippen LogP) is 6.60. The number of fused-ring (bicyclic) bond motifs is 1. The van der Waals surface area contributed by atoms with Crippen LogP contribution in [0.3, 0.4) is 0 Å². The Hall–Kier alpha value is -4.45. The van der Waals surface area contributed by atoms with Crippen LogP contribution in [0.25, 0.3) is 10.1 Å². The zero-order chi connectivity index (χ0) is 25.6. The van der Waals surface area contributed by atoms with E-state index >= 15 is 0 Å². The smallest absolute Gasteiger partial charge is 0.265 e. The van der Waals surface area contributed by atoms with Crippen LogP contribution >= 0.6 is 22.7 Å². The molecule has 0 fully saturated rings. The first-order chi connectivity index (χ1) is 18.1. The Balaban J connectivity index is 1.33. The lowest BCUT2D eigenvalue weighted by Crippen LogP contribution is -2.22.